The predicted molar refractivity (Wildman–Crippen MR) is 114 cm³/mol. The van der Waals surface area contributed by atoms with E-state index >= 15 is 0 Å². The van der Waals surface area contributed by atoms with E-state index in [0.29, 0.717) is 13.0 Å². The molecule has 0 saturated heterocycles. The van der Waals surface area contributed by atoms with Gasteiger partial charge in [0.1, 0.15) is 0 Å². The van der Waals surface area contributed by atoms with Gasteiger partial charge in [-0.2, -0.15) is 0 Å². The number of nitrogens with two attached hydrogens (primary N) is 1. The zero-order valence-corrected chi connectivity index (χ0v) is 15.9. The third kappa shape index (κ3) is 3.30. The molecule has 0 aliphatic rings. The van der Waals surface area contributed by atoms with E-state index in [2.05, 4.69) is 71.5 Å². The molecule has 0 aliphatic carbocycles. The van der Waals surface area contributed by atoms with Crippen molar-refractivity contribution in [2.45, 2.75) is 19.9 Å². The van der Waals surface area contributed by atoms with E-state index < -0.39 is 0 Å². The van der Waals surface area contributed by atoms with E-state index in [-0.39, 0.29) is 5.91 Å². The largest absolute Gasteiger partial charge is 0.339 e. The van der Waals surface area contributed by atoms with Crippen molar-refractivity contribution in [1.29, 1.82) is 0 Å². The van der Waals surface area contributed by atoms with Gasteiger partial charge in [0.25, 0.3) is 0 Å². The van der Waals surface area contributed by atoms with Crippen molar-refractivity contribution < 1.29 is 4.79 Å². The molecule has 4 nitrogen and oxygen atoms in total. The number of nitrogens with one attached hydrogen (secondary N) is 1. The van der Waals surface area contributed by atoms with Crippen LogP contribution in [0.3, 0.4) is 0 Å². The first kappa shape index (κ1) is 18.0. The number of nitrogens with zero attached hydrogens (tertiary/aromatic N) is 1. The summed E-state index contributed by atoms with van der Waals surface area (Å²) in [5.74, 6) is 5.13. The molecule has 0 spiro atoms. The molecule has 140 valence electrons. The second-order valence-electron chi connectivity index (χ2n) is 6.95. The molecule has 4 aromatic rings. The fraction of sp³-hybridized carbons (Fsp3) is 0.125. The first-order valence-electron chi connectivity index (χ1n) is 9.42. The molecule has 28 heavy (non-hydrogen) atoms. The minimum absolute atomic E-state index is 0.172. The van der Waals surface area contributed by atoms with Crippen LogP contribution in [0, 0.1) is 6.92 Å². The molecule has 3 N–H and O–H groups in total. The van der Waals surface area contributed by atoms with E-state index in [1.807, 2.05) is 24.3 Å². The van der Waals surface area contributed by atoms with E-state index in [9.17, 15) is 4.79 Å². The summed E-state index contributed by atoms with van der Waals surface area (Å²) in [4.78, 5) is 11.9. The molecular weight excluding hydrogens is 346 g/mol. The highest BCUT2D eigenvalue weighted by Gasteiger charge is 2.20. The normalized spacial score (nSPS) is 10.9. The summed E-state index contributed by atoms with van der Waals surface area (Å²) in [6.45, 7) is 2.66. The first-order valence-corrected chi connectivity index (χ1v) is 9.42. The molecule has 0 unspecified atom stereocenters. The Morgan fingerprint density at radius 3 is 2.21 bits per heavy atom. The summed E-state index contributed by atoms with van der Waals surface area (Å²) < 4.78 is 2.24. The van der Waals surface area contributed by atoms with Crippen molar-refractivity contribution >= 4 is 16.8 Å². The highest BCUT2D eigenvalue weighted by Crippen LogP contribution is 2.41. The van der Waals surface area contributed by atoms with Crippen LogP contribution in [-0.2, 0) is 11.3 Å². The summed E-state index contributed by atoms with van der Waals surface area (Å²) >= 11 is 0. The molecule has 0 saturated carbocycles. The molecular formula is C24H23N3O. The summed E-state index contributed by atoms with van der Waals surface area (Å²) in [7, 11) is 0. The molecule has 1 heterocycles. The lowest BCUT2D eigenvalue weighted by atomic mass is 9.98. The summed E-state index contributed by atoms with van der Waals surface area (Å²) in [5.41, 5.74) is 9.18. The van der Waals surface area contributed by atoms with Crippen LogP contribution < -0.4 is 11.3 Å². The molecule has 4 heteroatoms. The molecule has 4 rings (SSSR count). The van der Waals surface area contributed by atoms with Gasteiger partial charge in [0.05, 0.1) is 5.69 Å². The second-order valence-corrected chi connectivity index (χ2v) is 6.95. The maximum atomic E-state index is 11.9. The van der Waals surface area contributed by atoms with E-state index in [0.717, 1.165) is 16.8 Å². The number of aryl methyl sites for hydroxylation is 2. The number of rotatable bonds is 5. The third-order valence-corrected chi connectivity index (χ3v) is 5.05. The molecule has 0 fully saturated rings. The third-order valence-electron chi connectivity index (χ3n) is 5.05. The van der Waals surface area contributed by atoms with Crippen LogP contribution in [0.5, 0.6) is 0 Å². The number of hydrogen-bond acceptors (Lipinski definition) is 2. The molecule has 0 atom stereocenters. The highest BCUT2D eigenvalue weighted by atomic mass is 16.2. The standard InChI is InChI=1S/C24H23N3O/c1-17-12-13-21-20(16-17)23(18-8-4-2-5-9-18)24(19-10-6-3-7-11-19)27(21)15-14-22(28)26-25/h2-13,16H,14-15,25H2,1H3,(H,26,28). The average Bonchev–Trinajstić information content (AvgIpc) is 3.06. The molecule has 0 aliphatic heterocycles. The minimum atomic E-state index is -0.172. The van der Waals surface area contributed by atoms with E-state index in [1.54, 1.807) is 0 Å². The number of hydrogen-bond donors (Lipinski definition) is 2. The SMILES string of the molecule is Cc1ccc2c(c1)c(-c1ccccc1)c(-c1ccccc1)n2CCC(=O)NN. The number of fused-ring (bicyclic) bond motifs is 1. The van der Waals surface area contributed by atoms with Crippen LogP contribution >= 0.6 is 0 Å². The van der Waals surface area contributed by atoms with Crippen LogP contribution in [-0.4, -0.2) is 10.5 Å². The van der Waals surface area contributed by atoms with Crippen molar-refractivity contribution in [3.8, 4) is 22.4 Å². The van der Waals surface area contributed by atoms with Crippen LogP contribution in [0.1, 0.15) is 12.0 Å². The van der Waals surface area contributed by atoms with Gasteiger partial charge in [0.15, 0.2) is 0 Å². The smallest absolute Gasteiger partial charge is 0.235 e. The topological polar surface area (TPSA) is 60.0 Å². The van der Waals surface area contributed by atoms with Crippen LogP contribution in [0.4, 0.5) is 0 Å². The maximum absolute atomic E-state index is 11.9. The first-order chi connectivity index (χ1) is 13.7. The predicted octanol–water partition coefficient (Wildman–Crippen LogP) is 4.66. The van der Waals surface area contributed by atoms with Gasteiger partial charge >= 0.3 is 0 Å². The molecule has 0 bridgehead atoms. The molecule has 3 aromatic carbocycles. The Bertz CT molecular complexity index is 1120. The van der Waals surface area contributed by atoms with E-state index in [1.165, 1.54) is 22.1 Å². The Labute approximate surface area is 164 Å². The van der Waals surface area contributed by atoms with Crippen molar-refractivity contribution in [3.63, 3.8) is 0 Å². The van der Waals surface area contributed by atoms with Gasteiger partial charge in [-0.25, -0.2) is 5.84 Å². The fourth-order valence-corrected chi connectivity index (χ4v) is 3.78. The Morgan fingerprint density at radius 2 is 1.57 bits per heavy atom. The summed E-state index contributed by atoms with van der Waals surface area (Å²) in [6, 6.07) is 27.3. The summed E-state index contributed by atoms with van der Waals surface area (Å²) in [5, 5.41) is 1.19. The number of hydrazine groups is 1. The van der Waals surface area contributed by atoms with Crippen molar-refractivity contribution in [3.05, 3.63) is 84.4 Å². The Kier molecular flexibility index (Phi) is 4.96. The zero-order chi connectivity index (χ0) is 19.5. The monoisotopic (exact) mass is 369 g/mol. The number of benzene rings is 3. The second kappa shape index (κ2) is 7.71. The number of amides is 1. The van der Waals surface area contributed by atoms with Crippen LogP contribution in [0.15, 0.2) is 78.9 Å². The van der Waals surface area contributed by atoms with Crippen LogP contribution in [0.2, 0.25) is 0 Å². The fourth-order valence-electron chi connectivity index (χ4n) is 3.78. The lowest BCUT2D eigenvalue weighted by Gasteiger charge is -2.13. The van der Waals surface area contributed by atoms with Gasteiger partial charge in [-0.05, 0) is 30.2 Å². The Morgan fingerprint density at radius 1 is 0.929 bits per heavy atom. The quantitative estimate of drug-likeness (QED) is 0.305. The number of aromatic nitrogens is 1. The molecule has 0 radical (unpaired) electrons. The minimum Gasteiger partial charge on any atom is -0.339 e. The van der Waals surface area contributed by atoms with Gasteiger partial charge in [0.2, 0.25) is 5.91 Å². The van der Waals surface area contributed by atoms with Gasteiger partial charge in [0, 0.05) is 29.4 Å². The maximum Gasteiger partial charge on any atom is 0.235 e. The average molecular weight is 369 g/mol. The van der Waals surface area contributed by atoms with Crippen molar-refractivity contribution in [1.82, 2.24) is 9.99 Å². The van der Waals surface area contributed by atoms with Gasteiger partial charge < -0.3 is 4.57 Å². The molecule has 1 aromatic heterocycles. The Balaban J connectivity index is 2.04. The van der Waals surface area contributed by atoms with Gasteiger partial charge in [-0.3, -0.25) is 10.2 Å². The Hall–Kier alpha value is -3.37. The van der Waals surface area contributed by atoms with Crippen molar-refractivity contribution in [2.24, 2.45) is 5.84 Å². The lowest BCUT2D eigenvalue weighted by molar-refractivity contribution is -0.121. The van der Waals surface area contributed by atoms with Crippen LogP contribution in [0.25, 0.3) is 33.3 Å². The highest BCUT2D eigenvalue weighted by molar-refractivity contribution is 6.04. The lowest BCUT2D eigenvalue weighted by Crippen LogP contribution is -2.30. The van der Waals surface area contributed by atoms with Gasteiger partial charge in [-0.15, -0.1) is 0 Å². The molecule has 1 amide bonds. The van der Waals surface area contributed by atoms with Gasteiger partial charge in [-0.1, -0.05) is 72.3 Å². The number of carbonyl (C=O) groups excluding carboxylic acids is 1. The summed E-state index contributed by atoms with van der Waals surface area (Å²) in [6.07, 6.45) is 0.322. The van der Waals surface area contributed by atoms with Crippen molar-refractivity contribution in [2.75, 3.05) is 0 Å². The van der Waals surface area contributed by atoms with E-state index in [4.69, 9.17) is 5.84 Å². The number of carbonyl (C=O) groups is 1. The zero-order valence-electron chi connectivity index (χ0n) is 15.9.